The van der Waals surface area contributed by atoms with E-state index in [-0.39, 0.29) is 5.63 Å². The maximum Gasteiger partial charge on any atom is 0.336 e. The Labute approximate surface area is 170 Å². The third kappa shape index (κ3) is 3.23. The highest BCUT2D eigenvalue weighted by atomic mass is 32.2. The molecule has 0 spiro atoms. The molecule has 5 aromatic rings. The number of hydrogen-bond acceptors (Lipinski definition) is 6. The van der Waals surface area contributed by atoms with Crippen LogP contribution in [0.1, 0.15) is 16.7 Å². The quantitative estimate of drug-likeness (QED) is 0.327. The largest absolute Gasteiger partial charge is 0.423 e. The molecule has 0 atom stereocenters. The minimum absolute atomic E-state index is 0.360. The minimum atomic E-state index is -0.360. The highest BCUT2D eigenvalue weighted by molar-refractivity contribution is 7.98. The van der Waals surface area contributed by atoms with Gasteiger partial charge in [0, 0.05) is 34.3 Å². The molecule has 0 fully saturated rings. The maximum absolute atomic E-state index is 12.0. The van der Waals surface area contributed by atoms with Gasteiger partial charge < -0.3 is 13.8 Å². The van der Waals surface area contributed by atoms with Crippen LogP contribution in [0.2, 0.25) is 0 Å². The molecule has 6 nitrogen and oxygen atoms in total. The molecule has 0 aliphatic carbocycles. The predicted octanol–water partition coefficient (Wildman–Crippen LogP) is 5.23. The molecule has 2 aromatic carbocycles. The van der Waals surface area contributed by atoms with E-state index in [0.717, 1.165) is 38.5 Å². The average molecular weight is 403 g/mol. The van der Waals surface area contributed by atoms with Crippen LogP contribution in [0.15, 0.2) is 67.5 Å². The number of nitrogens with zero attached hydrogens (tertiary/aromatic N) is 2. The number of hydrogen-bond donors (Lipinski definition) is 1. The maximum atomic E-state index is 12.0. The van der Waals surface area contributed by atoms with E-state index < -0.39 is 0 Å². The molecule has 5 rings (SSSR count). The molecule has 3 heterocycles. The predicted molar refractivity (Wildman–Crippen MR) is 113 cm³/mol. The van der Waals surface area contributed by atoms with Crippen molar-refractivity contribution in [3.63, 3.8) is 0 Å². The van der Waals surface area contributed by atoms with E-state index in [1.807, 2.05) is 50.4 Å². The van der Waals surface area contributed by atoms with Gasteiger partial charge in [-0.3, -0.25) is 0 Å². The van der Waals surface area contributed by atoms with Crippen LogP contribution < -0.4 is 5.63 Å². The molecule has 0 bridgehead atoms. The Kier molecular flexibility index (Phi) is 4.24. The average Bonchev–Trinajstić information content (AvgIpc) is 3.34. The Bertz CT molecular complexity index is 1410. The number of thioether (sulfide) groups is 1. The number of aromatic amines is 1. The van der Waals surface area contributed by atoms with Crippen molar-refractivity contribution in [1.82, 2.24) is 15.2 Å². The van der Waals surface area contributed by atoms with Gasteiger partial charge in [0.15, 0.2) is 0 Å². The summed E-state index contributed by atoms with van der Waals surface area (Å²) in [6.07, 6.45) is 1.87. The molecule has 0 saturated heterocycles. The molecule has 29 heavy (non-hydrogen) atoms. The van der Waals surface area contributed by atoms with Gasteiger partial charge in [-0.05, 0) is 48.7 Å². The van der Waals surface area contributed by atoms with Gasteiger partial charge >= 0.3 is 5.63 Å². The van der Waals surface area contributed by atoms with E-state index in [1.165, 1.54) is 17.8 Å². The van der Waals surface area contributed by atoms with Crippen LogP contribution in [0.3, 0.4) is 0 Å². The van der Waals surface area contributed by atoms with E-state index >= 15 is 0 Å². The highest BCUT2D eigenvalue weighted by Crippen LogP contribution is 2.31. The fourth-order valence-corrected chi connectivity index (χ4v) is 4.12. The first-order valence-electron chi connectivity index (χ1n) is 9.15. The molecule has 0 unspecified atom stereocenters. The first-order valence-corrected chi connectivity index (χ1v) is 10.1. The van der Waals surface area contributed by atoms with Crippen LogP contribution in [-0.4, -0.2) is 15.2 Å². The number of fused-ring (bicyclic) bond motifs is 2. The Morgan fingerprint density at radius 2 is 1.83 bits per heavy atom. The van der Waals surface area contributed by atoms with Crippen LogP contribution in [0.4, 0.5) is 0 Å². The number of H-pyrrole nitrogens is 1. The van der Waals surface area contributed by atoms with Crippen molar-refractivity contribution in [3.05, 3.63) is 75.8 Å². The van der Waals surface area contributed by atoms with Crippen LogP contribution in [-0.2, 0) is 5.75 Å². The summed E-state index contributed by atoms with van der Waals surface area (Å²) in [5.41, 5.74) is 5.25. The van der Waals surface area contributed by atoms with Gasteiger partial charge in [-0.2, -0.15) is 0 Å². The smallest absolute Gasteiger partial charge is 0.336 e. The van der Waals surface area contributed by atoms with Crippen molar-refractivity contribution in [2.75, 3.05) is 0 Å². The zero-order valence-electron chi connectivity index (χ0n) is 15.9. The van der Waals surface area contributed by atoms with Gasteiger partial charge in [0.05, 0.1) is 5.56 Å². The second kappa shape index (κ2) is 6.93. The van der Waals surface area contributed by atoms with E-state index in [9.17, 15) is 4.79 Å². The fraction of sp³-hybridized carbons (Fsp3) is 0.136. The van der Waals surface area contributed by atoms with E-state index in [1.54, 1.807) is 0 Å². The van der Waals surface area contributed by atoms with Gasteiger partial charge in [0.25, 0.3) is 11.1 Å². The molecular weight excluding hydrogens is 386 g/mol. The van der Waals surface area contributed by atoms with Crippen molar-refractivity contribution in [3.8, 4) is 11.5 Å². The standard InChI is InChI=1S/C22H17N3O3S/c1-12-7-16-14(9-20(26)27-19(16)8-13(12)2)11-29-22-25-24-21(28-22)17-10-23-18-6-4-3-5-15(17)18/h3-10,23H,11H2,1-2H3. The fourth-order valence-electron chi connectivity index (χ4n) is 3.37. The molecule has 0 saturated carbocycles. The first kappa shape index (κ1) is 17.8. The van der Waals surface area contributed by atoms with Crippen LogP contribution in [0, 0.1) is 13.8 Å². The number of aryl methyl sites for hydroxylation is 2. The molecule has 0 amide bonds. The normalized spacial score (nSPS) is 11.5. The van der Waals surface area contributed by atoms with Gasteiger partial charge in [-0.15, -0.1) is 10.2 Å². The number of rotatable bonds is 4. The lowest BCUT2D eigenvalue weighted by molar-refractivity contribution is 0.466. The number of aromatic nitrogens is 3. The van der Waals surface area contributed by atoms with Crippen molar-refractivity contribution >= 4 is 33.6 Å². The van der Waals surface area contributed by atoms with Gasteiger partial charge in [0.2, 0.25) is 0 Å². The highest BCUT2D eigenvalue weighted by Gasteiger charge is 2.15. The van der Waals surface area contributed by atoms with Crippen molar-refractivity contribution in [2.24, 2.45) is 0 Å². The van der Waals surface area contributed by atoms with E-state index in [4.69, 9.17) is 8.83 Å². The van der Waals surface area contributed by atoms with Crippen molar-refractivity contribution < 1.29 is 8.83 Å². The summed E-state index contributed by atoms with van der Waals surface area (Å²) in [6, 6.07) is 13.4. The summed E-state index contributed by atoms with van der Waals surface area (Å²) >= 11 is 1.40. The molecule has 3 aromatic heterocycles. The summed E-state index contributed by atoms with van der Waals surface area (Å²) in [7, 11) is 0. The molecule has 0 aliphatic rings. The molecule has 0 radical (unpaired) electrons. The van der Waals surface area contributed by atoms with Gasteiger partial charge in [-0.1, -0.05) is 30.0 Å². The first-order chi connectivity index (χ1) is 14.1. The molecule has 7 heteroatoms. The second-order valence-electron chi connectivity index (χ2n) is 6.93. The summed E-state index contributed by atoms with van der Waals surface area (Å²) in [5, 5.41) is 10.8. The zero-order chi connectivity index (χ0) is 20.0. The van der Waals surface area contributed by atoms with E-state index in [2.05, 4.69) is 21.2 Å². The van der Waals surface area contributed by atoms with Crippen LogP contribution in [0.5, 0.6) is 0 Å². The third-order valence-electron chi connectivity index (χ3n) is 5.02. The van der Waals surface area contributed by atoms with E-state index in [0.29, 0.717) is 22.4 Å². The zero-order valence-corrected chi connectivity index (χ0v) is 16.7. The molecule has 0 aliphatic heterocycles. The molecular formula is C22H17N3O3S. The monoisotopic (exact) mass is 403 g/mol. The van der Waals surface area contributed by atoms with Crippen molar-refractivity contribution in [2.45, 2.75) is 24.8 Å². The lowest BCUT2D eigenvalue weighted by Crippen LogP contribution is -2.00. The number of para-hydroxylation sites is 1. The number of benzene rings is 2. The Balaban J connectivity index is 1.44. The summed E-state index contributed by atoms with van der Waals surface area (Å²) in [6.45, 7) is 4.04. The Morgan fingerprint density at radius 1 is 1.00 bits per heavy atom. The van der Waals surface area contributed by atoms with Crippen LogP contribution in [0.25, 0.3) is 33.3 Å². The topological polar surface area (TPSA) is 84.9 Å². The minimum Gasteiger partial charge on any atom is -0.423 e. The Hall–Kier alpha value is -3.32. The Morgan fingerprint density at radius 3 is 2.72 bits per heavy atom. The molecule has 1 N–H and O–H groups in total. The number of nitrogens with one attached hydrogen (secondary N) is 1. The van der Waals surface area contributed by atoms with Gasteiger partial charge in [-0.25, -0.2) is 4.79 Å². The van der Waals surface area contributed by atoms with Crippen LogP contribution >= 0.6 is 11.8 Å². The molecule has 144 valence electrons. The lowest BCUT2D eigenvalue weighted by Gasteiger charge is -2.07. The van der Waals surface area contributed by atoms with Crippen molar-refractivity contribution in [1.29, 1.82) is 0 Å². The summed E-state index contributed by atoms with van der Waals surface area (Å²) < 4.78 is 11.2. The SMILES string of the molecule is Cc1cc2oc(=O)cc(CSc3nnc(-c4c[nH]c5ccccc45)o3)c2cc1C. The summed E-state index contributed by atoms with van der Waals surface area (Å²) in [5.74, 6) is 0.994. The third-order valence-corrected chi connectivity index (χ3v) is 5.89. The lowest BCUT2D eigenvalue weighted by atomic mass is 10.0. The van der Waals surface area contributed by atoms with Gasteiger partial charge in [0.1, 0.15) is 5.58 Å². The second-order valence-corrected chi connectivity index (χ2v) is 7.86. The summed E-state index contributed by atoms with van der Waals surface area (Å²) in [4.78, 5) is 15.2.